The lowest BCUT2D eigenvalue weighted by atomic mass is 9.72. The lowest BCUT2D eigenvalue weighted by Gasteiger charge is -2.36. The zero-order valence-electron chi connectivity index (χ0n) is 8.17. The largest absolute Gasteiger partial charge is 0.373 e. The third-order valence-electron chi connectivity index (χ3n) is 4.40. The summed E-state index contributed by atoms with van der Waals surface area (Å²) in [6.45, 7) is 0. The van der Waals surface area contributed by atoms with Crippen molar-refractivity contribution in [1.82, 2.24) is 0 Å². The van der Waals surface area contributed by atoms with Crippen molar-refractivity contribution in [1.29, 1.82) is 0 Å². The first-order valence-corrected chi connectivity index (χ1v) is 5.73. The highest BCUT2D eigenvalue weighted by atomic mass is 16.5. The Morgan fingerprint density at radius 2 is 1.85 bits per heavy atom. The van der Waals surface area contributed by atoms with Gasteiger partial charge < -0.3 is 10.5 Å². The molecule has 0 aromatic heterocycles. The summed E-state index contributed by atoms with van der Waals surface area (Å²) >= 11 is 0. The molecular weight excluding hydrogens is 162 g/mol. The van der Waals surface area contributed by atoms with Crippen molar-refractivity contribution in [2.45, 2.75) is 62.7 Å². The third-order valence-corrected chi connectivity index (χ3v) is 4.40. The lowest BCUT2D eigenvalue weighted by Crippen LogP contribution is -2.53. The molecule has 2 aliphatic heterocycles. The number of hydrogen-bond donors (Lipinski definition) is 1. The molecule has 2 N–H and O–H groups in total. The van der Waals surface area contributed by atoms with Gasteiger partial charge in [-0.2, -0.15) is 0 Å². The normalized spacial score (nSPS) is 50.5. The molecule has 0 spiro atoms. The van der Waals surface area contributed by atoms with Gasteiger partial charge in [-0.15, -0.1) is 0 Å². The van der Waals surface area contributed by atoms with Gasteiger partial charge in [0.05, 0.1) is 12.2 Å². The summed E-state index contributed by atoms with van der Waals surface area (Å²) in [5.74, 6) is 0.766. The number of nitrogens with two attached hydrogens (primary N) is 1. The lowest BCUT2D eigenvalue weighted by molar-refractivity contribution is 0.0707. The standard InChI is InChI=1S/C11H19NO/c12-11(8-3-1-2-4-8)7-9-5-6-10(11)13-9/h8-10H,1-7,12H2. The minimum atomic E-state index is 0.0689. The molecule has 0 amide bonds. The summed E-state index contributed by atoms with van der Waals surface area (Å²) in [6, 6.07) is 0. The molecule has 2 heterocycles. The Kier molecular flexibility index (Phi) is 1.72. The Hall–Kier alpha value is -0.0800. The van der Waals surface area contributed by atoms with Crippen molar-refractivity contribution in [2.24, 2.45) is 11.7 Å². The van der Waals surface area contributed by atoms with Crippen LogP contribution >= 0.6 is 0 Å². The summed E-state index contributed by atoms with van der Waals surface area (Å²) in [7, 11) is 0. The van der Waals surface area contributed by atoms with E-state index in [0.717, 1.165) is 12.3 Å². The van der Waals surface area contributed by atoms with Crippen molar-refractivity contribution >= 4 is 0 Å². The van der Waals surface area contributed by atoms with Crippen LogP contribution in [0, 0.1) is 5.92 Å². The predicted octanol–water partition coefficient (Wildman–Crippen LogP) is 1.83. The van der Waals surface area contributed by atoms with Crippen molar-refractivity contribution in [3.05, 3.63) is 0 Å². The van der Waals surface area contributed by atoms with E-state index in [-0.39, 0.29) is 5.54 Å². The molecule has 3 atom stereocenters. The first kappa shape index (κ1) is 8.25. The van der Waals surface area contributed by atoms with Crippen LogP contribution in [0.3, 0.4) is 0 Å². The Morgan fingerprint density at radius 1 is 1.08 bits per heavy atom. The van der Waals surface area contributed by atoms with E-state index in [4.69, 9.17) is 10.5 Å². The van der Waals surface area contributed by atoms with Crippen molar-refractivity contribution in [2.75, 3.05) is 0 Å². The zero-order chi connectivity index (χ0) is 8.89. The molecule has 0 aromatic carbocycles. The van der Waals surface area contributed by atoms with Crippen molar-refractivity contribution < 1.29 is 4.74 Å². The first-order valence-electron chi connectivity index (χ1n) is 5.73. The maximum atomic E-state index is 6.52. The highest BCUT2D eigenvalue weighted by Crippen LogP contribution is 2.48. The van der Waals surface area contributed by atoms with Crippen LogP contribution < -0.4 is 5.73 Å². The smallest absolute Gasteiger partial charge is 0.0762 e. The molecule has 13 heavy (non-hydrogen) atoms. The number of fused-ring (bicyclic) bond motifs is 2. The Labute approximate surface area is 79.8 Å². The second kappa shape index (κ2) is 2.71. The van der Waals surface area contributed by atoms with E-state index in [2.05, 4.69) is 0 Å². The van der Waals surface area contributed by atoms with Crippen LogP contribution in [-0.4, -0.2) is 17.7 Å². The molecule has 1 aliphatic carbocycles. The molecule has 2 heteroatoms. The molecule has 3 rings (SSSR count). The molecule has 1 saturated carbocycles. The average molecular weight is 181 g/mol. The SMILES string of the molecule is NC1(C2CCCC2)CC2CCC1O2. The fourth-order valence-corrected chi connectivity index (χ4v) is 3.67. The summed E-state index contributed by atoms with van der Waals surface area (Å²) in [4.78, 5) is 0. The van der Waals surface area contributed by atoms with Gasteiger partial charge in [0.25, 0.3) is 0 Å². The van der Waals surface area contributed by atoms with Gasteiger partial charge in [0.15, 0.2) is 0 Å². The summed E-state index contributed by atoms with van der Waals surface area (Å²) in [6.07, 6.45) is 10.0. The minimum Gasteiger partial charge on any atom is -0.373 e. The topological polar surface area (TPSA) is 35.2 Å². The van der Waals surface area contributed by atoms with E-state index >= 15 is 0 Å². The van der Waals surface area contributed by atoms with Gasteiger partial charge in [0.1, 0.15) is 0 Å². The van der Waals surface area contributed by atoms with Crippen LogP contribution in [0.15, 0.2) is 0 Å². The molecule has 0 aromatic rings. The fourth-order valence-electron chi connectivity index (χ4n) is 3.67. The van der Waals surface area contributed by atoms with E-state index in [9.17, 15) is 0 Å². The van der Waals surface area contributed by atoms with Gasteiger partial charge in [0, 0.05) is 5.54 Å². The van der Waals surface area contributed by atoms with Crippen LogP contribution in [0.2, 0.25) is 0 Å². The second-order valence-corrected chi connectivity index (χ2v) is 5.12. The minimum absolute atomic E-state index is 0.0689. The summed E-state index contributed by atoms with van der Waals surface area (Å²) < 4.78 is 5.88. The molecule has 0 radical (unpaired) electrons. The van der Waals surface area contributed by atoms with E-state index in [1.807, 2.05) is 0 Å². The van der Waals surface area contributed by atoms with E-state index in [1.54, 1.807) is 0 Å². The van der Waals surface area contributed by atoms with Gasteiger partial charge in [-0.05, 0) is 38.0 Å². The Bertz CT molecular complexity index is 212. The maximum Gasteiger partial charge on any atom is 0.0762 e. The van der Waals surface area contributed by atoms with Gasteiger partial charge in [0.2, 0.25) is 0 Å². The monoisotopic (exact) mass is 181 g/mol. The molecular formula is C11H19NO. The highest BCUT2D eigenvalue weighted by Gasteiger charge is 2.53. The third kappa shape index (κ3) is 1.08. The molecule has 74 valence electrons. The fraction of sp³-hybridized carbons (Fsp3) is 1.00. The predicted molar refractivity (Wildman–Crippen MR) is 51.4 cm³/mol. The molecule has 2 saturated heterocycles. The van der Waals surface area contributed by atoms with E-state index in [1.165, 1.54) is 38.5 Å². The van der Waals surface area contributed by atoms with Gasteiger partial charge >= 0.3 is 0 Å². The van der Waals surface area contributed by atoms with E-state index in [0.29, 0.717) is 12.2 Å². The highest BCUT2D eigenvalue weighted by molar-refractivity contribution is 5.08. The van der Waals surface area contributed by atoms with Crippen LogP contribution in [0.4, 0.5) is 0 Å². The second-order valence-electron chi connectivity index (χ2n) is 5.12. The number of rotatable bonds is 1. The van der Waals surface area contributed by atoms with Crippen LogP contribution in [0.5, 0.6) is 0 Å². The first-order chi connectivity index (χ1) is 6.29. The molecule has 2 nitrogen and oxygen atoms in total. The van der Waals surface area contributed by atoms with Gasteiger partial charge in [-0.25, -0.2) is 0 Å². The van der Waals surface area contributed by atoms with Gasteiger partial charge in [-0.3, -0.25) is 0 Å². The summed E-state index contributed by atoms with van der Waals surface area (Å²) in [5, 5.41) is 0. The van der Waals surface area contributed by atoms with Crippen LogP contribution in [-0.2, 0) is 4.74 Å². The molecule has 3 aliphatic rings. The van der Waals surface area contributed by atoms with Crippen LogP contribution in [0.25, 0.3) is 0 Å². The van der Waals surface area contributed by atoms with Crippen molar-refractivity contribution in [3.8, 4) is 0 Å². The quantitative estimate of drug-likeness (QED) is 0.669. The van der Waals surface area contributed by atoms with Gasteiger partial charge in [-0.1, -0.05) is 12.8 Å². The average Bonchev–Trinajstić information content (AvgIpc) is 2.79. The van der Waals surface area contributed by atoms with E-state index < -0.39 is 0 Å². The molecule has 2 bridgehead atoms. The maximum absolute atomic E-state index is 6.52. The molecule has 3 unspecified atom stereocenters. The summed E-state index contributed by atoms with van der Waals surface area (Å²) in [5.41, 5.74) is 6.59. The number of hydrogen-bond acceptors (Lipinski definition) is 2. The molecule has 3 fully saturated rings. The van der Waals surface area contributed by atoms with Crippen LogP contribution in [0.1, 0.15) is 44.9 Å². The number of ether oxygens (including phenoxy) is 1. The Morgan fingerprint density at radius 3 is 2.38 bits per heavy atom. The van der Waals surface area contributed by atoms with Crippen molar-refractivity contribution in [3.63, 3.8) is 0 Å². The zero-order valence-corrected chi connectivity index (χ0v) is 8.17. The Balaban J connectivity index is 1.80.